The van der Waals surface area contributed by atoms with Crippen LogP contribution in [0.25, 0.3) is 0 Å². The van der Waals surface area contributed by atoms with Gasteiger partial charge in [0.05, 0.1) is 6.61 Å². The van der Waals surface area contributed by atoms with Crippen LogP contribution < -0.4 is 9.47 Å². The number of alkyl halides is 5. The van der Waals surface area contributed by atoms with Gasteiger partial charge in [0.25, 0.3) is 11.6 Å². The number of nitrogens with zero attached hydrogens (tertiary/aromatic N) is 2. The fourth-order valence-electron chi connectivity index (χ4n) is 2.11. The molecule has 0 fully saturated rings. The molecule has 0 saturated heterocycles. The van der Waals surface area contributed by atoms with Crippen molar-refractivity contribution in [2.45, 2.75) is 31.9 Å². The third kappa shape index (κ3) is 3.65. The van der Waals surface area contributed by atoms with E-state index in [9.17, 15) is 31.9 Å². The van der Waals surface area contributed by atoms with Crippen molar-refractivity contribution in [1.82, 2.24) is 5.01 Å². The van der Waals surface area contributed by atoms with Crippen molar-refractivity contribution < 1.29 is 41.3 Å². The molecule has 1 atom stereocenters. The van der Waals surface area contributed by atoms with Crippen molar-refractivity contribution in [2.75, 3.05) is 6.61 Å². The zero-order valence-corrected chi connectivity index (χ0v) is 12.8. The van der Waals surface area contributed by atoms with Gasteiger partial charge in [-0.25, -0.2) is 0 Å². The van der Waals surface area contributed by atoms with Crippen LogP contribution in [-0.2, 0) is 0 Å². The van der Waals surface area contributed by atoms with E-state index in [4.69, 9.17) is 4.74 Å². The van der Waals surface area contributed by atoms with Crippen molar-refractivity contribution in [1.29, 1.82) is 0 Å². The highest BCUT2D eigenvalue weighted by atomic mass is 19.4. The number of amides is 1. The van der Waals surface area contributed by atoms with Crippen LogP contribution in [0.1, 0.15) is 23.7 Å². The van der Waals surface area contributed by atoms with E-state index >= 15 is 0 Å². The number of aliphatic hydroxyl groups is 1. The number of hydrogen-bond acceptors (Lipinski definition) is 5. The molecule has 0 aromatic heterocycles. The van der Waals surface area contributed by atoms with Crippen molar-refractivity contribution in [2.24, 2.45) is 5.10 Å². The standard InChI is InChI=1S/C14H13F5N2O4/c1-2-24-10-7-8(3-4-9(10)25-12(15)16)11(22)21-13(23,5-6-20-21)14(17,18)19/h3-4,6-7,12,23H,2,5H2,1H3/t13-/m0/s1. The molecule has 0 aliphatic carbocycles. The predicted octanol–water partition coefficient (Wildman–Crippen LogP) is 2.77. The molecule has 0 unspecified atom stereocenters. The van der Waals surface area contributed by atoms with Crippen LogP contribution in [0.5, 0.6) is 11.5 Å². The van der Waals surface area contributed by atoms with Crippen LogP contribution >= 0.6 is 0 Å². The minimum absolute atomic E-state index is 0.0333. The van der Waals surface area contributed by atoms with Crippen LogP contribution in [0.2, 0.25) is 0 Å². The van der Waals surface area contributed by atoms with E-state index in [0.29, 0.717) is 0 Å². The Hall–Kier alpha value is -2.43. The first-order chi connectivity index (χ1) is 11.6. The molecule has 11 heteroatoms. The molecule has 0 saturated carbocycles. The Kier molecular flexibility index (Phi) is 5.16. The Balaban J connectivity index is 2.36. The van der Waals surface area contributed by atoms with Crippen LogP contribution in [0.15, 0.2) is 23.3 Å². The molecule has 1 aliphatic rings. The monoisotopic (exact) mass is 368 g/mol. The number of hydrazone groups is 1. The van der Waals surface area contributed by atoms with Crippen LogP contribution in [-0.4, -0.2) is 47.4 Å². The fraction of sp³-hybridized carbons (Fsp3) is 0.429. The molecule has 25 heavy (non-hydrogen) atoms. The molecule has 1 aliphatic heterocycles. The summed E-state index contributed by atoms with van der Waals surface area (Å²) < 4.78 is 73.0. The van der Waals surface area contributed by atoms with E-state index in [1.165, 1.54) is 6.92 Å². The highest BCUT2D eigenvalue weighted by Crippen LogP contribution is 2.40. The number of halogens is 5. The molecular formula is C14H13F5N2O4. The summed E-state index contributed by atoms with van der Waals surface area (Å²) in [5, 5.41) is 12.9. The molecule has 6 nitrogen and oxygen atoms in total. The maximum Gasteiger partial charge on any atom is 0.438 e. The van der Waals surface area contributed by atoms with Crippen LogP contribution in [0.4, 0.5) is 22.0 Å². The highest BCUT2D eigenvalue weighted by Gasteiger charge is 2.61. The van der Waals surface area contributed by atoms with Crippen molar-refractivity contribution in [3.05, 3.63) is 23.8 Å². The molecule has 0 spiro atoms. The molecular weight excluding hydrogens is 355 g/mol. The lowest BCUT2D eigenvalue weighted by atomic mass is 10.1. The largest absolute Gasteiger partial charge is 0.490 e. The van der Waals surface area contributed by atoms with Gasteiger partial charge in [-0.3, -0.25) is 4.79 Å². The molecule has 1 aromatic carbocycles. The number of rotatable bonds is 5. The van der Waals surface area contributed by atoms with Gasteiger partial charge < -0.3 is 14.6 Å². The van der Waals surface area contributed by atoms with Gasteiger partial charge in [-0.2, -0.15) is 32.1 Å². The molecule has 2 rings (SSSR count). The first kappa shape index (κ1) is 18.9. The lowest BCUT2D eigenvalue weighted by Crippen LogP contribution is -2.56. The van der Waals surface area contributed by atoms with Gasteiger partial charge in [-0.05, 0) is 25.1 Å². The van der Waals surface area contributed by atoms with Crippen molar-refractivity contribution in [3.63, 3.8) is 0 Å². The summed E-state index contributed by atoms with van der Waals surface area (Å²) in [6, 6.07) is 2.86. The average Bonchev–Trinajstić information content (AvgIpc) is 2.91. The van der Waals surface area contributed by atoms with Gasteiger partial charge in [0.2, 0.25) is 0 Å². The second-order valence-corrected chi connectivity index (χ2v) is 4.91. The third-order valence-corrected chi connectivity index (χ3v) is 3.28. The molecule has 0 bridgehead atoms. The molecule has 1 aromatic rings. The number of carbonyl (C=O) groups excluding carboxylic acids is 1. The Morgan fingerprint density at radius 3 is 2.64 bits per heavy atom. The molecule has 1 amide bonds. The number of hydrogen-bond donors (Lipinski definition) is 1. The zero-order chi connectivity index (χ0) is 18.8. The second-order valence-electron chi connectivity index (χ2n) is 4.91. The molecule has 0 radical (unpaired) electrons. The summed E-state index contributed by atoms with van der Waals surface area (Å²) in [6.45, 7) is -1.58. The number of carbonyl (C=O) groups is 1. The summed E-state index contributed by atoms with van der Waals surface area (Å²) in [7, 11) is 0. The van der Waals surface area contributed by atoms with E-state index < -0.39 is 30.8 Å². The Morgan fingerprint density at radius 2 is 2.08 bits per heavy atom. The smallest absolute Gasteiger partial charge is 0.438 e. The summed E-state index contributed by atoms with van der Waals surface area (Å²) in [4.78, 5) is 12.3. The first-order valence-corrected chi connectivity index (χ1v) is 6.98. The lowest BCUT2D eigenvalue weighted by Gasteiger charge is -2.32. The topological polar surface area (TPSA) is 71.4 Å². The lowest BCUT2D eigenvalue weighted by molar-refractivity contribution is -0.297. The maximum absolute atomic E-state index is 13.0. The fourth-order valence-corrected chi connectivity index (χ4v) is 2.11. The van der Waals surface area contributed by atoms with Crippen molar-refractivity contribution >= 4 is 12.1 Å². The van der Waals surface area contributed by atoms with Crippen LogP contribution in [0, 0.1) is 0 Å². The first-order valence-electron chi connectivity index (χ1n) is 6.98. The average molecular weight is 368 g/mol. The molecule has 1 N–H and O–H groups in total. The Labute approximate surface area is 138 Å². The number of ether oxygens (including phenoxy) is 2. The maximum atomic E-state index is 13.0. The Morgan fingerprint density at radius 1 is 1.40 bits per heavy atom. The van der Waals surface area contributed by atoms with E-state index in [-0.39, 0.29) is 28.7 Å². The minimum Gasteiger partial charge on any atom is -0.490 e. The zero-order valence-electron chi connectivity index (χ0n) is 12.8. The van der Waals surface area contributed by atoms with Crippen LogP contribution in [0.3, 0.4) is 0 Å². The van der Waals surface area contributed by atoms with Gasteiger partial charge in [0, 0.05) is 18.2 Å². The van der Waals surface area contributed by atoms with E-state index in [2.05, 4.69) is 9.84 Å². The normalized spacial score (nSPS) is 20.2. The second kappa shape index (κ2) is 6.82. The molecule has 138 valence electrons. The van der Waals surface area contributed by atoms with Gasteiger partial charge in [-0.1, -0.05) is 0 Å². The van der Waals surface area contributed by atoms with Gasteiger partial charge >= 0.3 is 12.8 Å². The minimum atomic E-state index is -5.14. The Bertz CT molecular complexity index is 680. The molecule has 1 heterocycles. The third-order valence-electron chi connectivity index (χ3n) is 3.28. The van der Waals surface area contributed by atoms with E-state index in [1.807, 2.05) is 0 Å². The summed E-state index contributed by atoms with van der Waals surface area (Å²) >= 11 is 0. The summed E-state index contributed by atoms with van der Waals surface area (Å²) in [5.41, 5.74) is -3.83. The van der Waals surface area contributed by atoms with E-state index in [1.54, 1.807) is 0 Å². The SMILES string of the molecule is CCOc1cc(C(=O)N2N=CC[C@]2(O)C(F)(F)F)ccc1OC(F)F. The number of benzene rings is 1. The van der Waals surface area contributed by atoms with Gasteiger partial charge in [-0.15, -0.1) is 0 Å². The van der Waals surface area contributed by atoms with Crippen molar-refractivity contribution in [3.8, 4) is 11.5 Å². The predicted molar refractivity (Wildman–Crippen MR) is 74.5 cm³/mol. The van der Waals surface area contributed by atoms with E-state index in [0.717, 1.165) is 24.4 Å². The van der Waals surface area contributed by atoms with Gasteiger partial charge in [0.15, 0.2) is 11.5 Å². The summed E-state index contributed by atoms with van der Waals surface area (Å²) in [6.07, 6.45) is -5.31. The quantitative estimate of drug-likeness (QED) is 0.812. The van der Waals surface area contributed by atoms with Gasteiger partial charge in [0.1, 0.15) is 0 Å². The summed E-state index contributed by atoms with van der Waals surface area (Å²) in [5.74, 6) is -1.92. The highest BCUT2D eigenvalue weighted by molar-refractivity contribution is 5.96.